The topological polar surface area (TPSA) is 57.4 Å². The third-order valence-corrected chi connectivity index (χ3v) is 26.1. The summed E-state index contributed by atoms with van der Waals surface area (Å²) in [6.45, 7) is 28.2. The largest absolute Gasteiger partial charge is 0.353 e. The van der Waals surface area contributed by atoms with Gasteiger partial charge in [-0.2, -0.15) is 0 Å². The summed E-state index contributed by atoms with van der Waals surface area (Å²) >= 11 is 0. The van der Waals surface area contributed by atoms with E-state index in [-0.39, 0.29) is 0 Å². The normalized spacial score (nSPS) is 12.3. The maximum absolute atomic E-state index is 5.38. The number of hydrogen-bond acceptors (Lipinski definition) is 2. The summed E-state index contributed by atoms with van der Waals surface area (Å²) in [6.07, 6.45) is 8.31. The van der Waals surface area contributed by atoms with Crippen LogP contribution in [0.25, 0.3) is 46.4 Å². The molecule has 7 rings (SSSR count). The van der Waals surface area contributed by atoms with Crippen molar-refractivity contribution < 1.29 is 0 Å². The van der Waals surface area contributed by atoms with Crippen LogP contribution in [0.2, 0.25) is 33.2 Å². The Hall–Kier alpha value is -6.29. The molecule has 0 amide bonds. The molecule has 0 spiro atoms. The number of benzene rings is 2. The molecule has 2 N–H and O–H groups in total. The lowest BCUT2D eigenvalue weighted by atomic mass is 10.1. The smallest absolute Gasteiger partial charge is 0.146 e. The van der Waals surface area contributed by atoms with Gasteiger partial charge >= 0.3 is 0 Å². The predicted molar refractivity (Wildman–Crippen MR) is 280 cm³/mol. The molecule has 4 nitrogen and oxygen atoms in total. The number of H-pyrrole nitrogens is 2. The van der Waals surface area contributed by atoms with Gasteiger partial charge in [0.2, 0.25) is 0 Å². The fourth-order valence-electron chi connectivity index (χ4n) is 10.3. The van der Waals surface area contributed by atoms with Gasteiger partial charge in [0.1, 0.15) is 16.1 Å². The van der Waals surface area contributed by atoms with Crippen molar-refractivity contribution in [2.45, 2.75) is 116 Å². The lowest BCUT2D eigenvalue weighted by molar-refractivity contribution is 0.838. The minimum atomic E-state index is -2.13. The van der Waals surface area contributed by atoms with Crippen LogP contribution in [0.15, 0.2) is 84.9 Å². The molecule has 0 radical (unpaired) electrons. The van der Waals surface area contributed by atoms with Crippen molar-refractivity contribution in [2.75, 3.05) is 0 Å². The maximum Gasteiger partial charge on any atom is 0.146 e. The molecule has 2 aromatic carbocycles. The first-order valence-electron chi connectivity index (χ1n) is 23.0. The molecule has 6 heteroatoms. The fourth-order valence-corrected chi connectivity index (χ4v) is 20.7. The summed E-state index contributed by atoms with van der Waals surface area (Å²) in [7, 11) is -4.25. The number of nitrogens with one attached hydrogen (secondary N) is 2. The van der Waals surface area contributed by atoms with E-state index >= 15 is 0 Å². The molecule has 0 saturated carbocycles. The number of hydrogen-bond donors (Lipinski definition) is 2. The Kier molecular flexibility index (Phi) is 13.7. The SMILES string of the molecule is CC(C)[Si](C#Cc1c2nc(c(C#Cc3ccccc3)c3ccc([nH]3)c(C#C[Si](C(C)C)(C(C)C)C(C)C)c3ccc([nH]3)c(C#Cc3ccccc3)c3nc1C=C3)C=C2)(C(C)C)C(C)C. The first-order valence-corrected chi connectivity index (χ1v) is 27.5. The van der Waals surface area contributed by atoms with Crippen LogP contribution in [-0.4, -0.2) is 36.1 Å². The monoisotopic (exact) mass is 870 g/mol. The van der Waals surface area contributed by atoms with Crippen molar-refractivity contribution in [1.82, 2.24) is 19.9 Å². The molecule has 2 aliphatic heterocycles. The van der Waals surface area contributed by atoms with Gasteiger partial charge in [-0.25, -0.2) is 9.97 Å². The van der Waals surface area contributed by atoms with E-state index in [4.69, 9.17) is 9.97 Å². The van der Waals surface area contributed by atoms with Gasteiger partial charge in [0, 0.05) is 11.1 Å². The Morgan fingerprint density at radius 2 is 0.641 bits per heavy atom. The Morgan fingerprint density at radius 1 is 0.344 bits per heavy atom. The zero-order chi connectivity index (χ0) is 45.8. The Balaban J connectivity index is 1.66. The van der Waals surface area contributed by atoms with Gasteiger partial charge in [0.15, 0.2) is 0 Å². The van der Waals surface area contributed by atoms with E-state index in [1.54, 1.807) is 0 Å². The summed E-state index contributed by atoms with van der Waals surface area (Å²) in [4.78, 5) is 18.4. The molecule has 322 valence electrons. The second-order valence-electron chi connectivity index (χ2n) is 19.0. The van der Waals surface area contributed by atoms with Crippen LogP contribution >= 0.6 is 0 Å². The van der Waals surface area contributed by atoms with E-state index in [0.717, 1.165) is 78.2 Å². The molecule has 8 bridgehead atoms. The van der Waals surface area contributed by atoms with Crippen LogP contribution in [0.1, 0.15) is 139 Å². The Labute approximate surface area is 384 Å². The van der Waals surface area contributed by atoms with Crippen LogP contribution in [-0.2, 0) is 0 Å². The highest BCUT2D eigenvalue weighted by atomic mass is 28.3. The van der Waals surface area contributed by atoms with Crippen molar-refractivity contribution in [1.29, 1.82) is 0 Å². The molecule has 5 heterocycles. The first kappa shape index (κ1) is 45.7. The molecule has 64 heavy (non-hydrogen) atoms. The predicted octanol–water partition coefficient (Wildman–Crippen LogP) is 14.6. The average Bonchev–Trinajstić information content (AvgIpc) is 4.11. The molecule has 0 unspecified atom stereocenters. The zero-order valence-electron chi connectivity index (χ0n) is 39.8. The van der Waals surface area contributed by atoms with Crippen LogP contribution in [0.3, 0.4) is 0 Å². The second kappa shape index (κ2) is 19.2. The van der Waals surface area contributed by atoms with Crippen molar-refractivity contribution in [3.05, 3.63) is 141 Å². The lowest BCUT2D eigenvalue weighted by Crippen LogP contribution is -2.43. The molecule has 3 aromatic heterocycles. The van der Waals surface area contributed by atoms with Gasteiger partial charge in [0.05, 0.1) is 67.1 Å². The number of rotatable bonds is 6. The van der Waals surface area contributed by atoms with Crippen LogP contribution in [0, 0.1) is 46.6 Å². The van der Waals surface area contributed by atoms with Crippen LogP contribution in [0.4, 0.5) is 0 Å². The van der Waals surface area contributed by atoms with Crippen molar-refractivity contribution in [3.63, 3.8) is 0 Å². The molecule has 0 atom stereocenters. The number of nitrogens with zero attached hydrogens (tertiary/aromatic N) is 2. The van der Waals surface area contributed by atoms with Gasteiger partial charge in [-0.3, -0.25) is 0 Å². The van der Waals surface area contributed by atoms with Gasteiger partial charge < -0.3 is 9.97 Å². The average molecular weight is 871 g/mol. The maximum atomic E-state index is 5.38. The second-order valence-corrected chi connectivity index (χ2v) is 30.2. The van der Waals surface area contributed by atoms with Gasteiger partial charge in [-0.15, -0.1) is 11.1 Å². The van der Waals surface area contributed by atoms with E-state index < -0.39 is 16.1 Å². The molecular weight excluding hydrogens is 809 g/mol. The van der Waals surface area contributed by atoms with E-state index in [0.29, 0.717) is 33.2 Å². The highest BCUT2D eigenvalue weighted by Crippen LogP contribution is 2.42. The Bertz CT molecular complexity index is 2840. The van der Waals surface area contributed by atoms with Crippen LogP contribution < -0.4 is 0 Å². The minimum Gasteiger partial charge on any atom is -0.353 e. The van der Waals surface area contributed by atoms with E-state index in [1.807, 2.05) is 60.7 Å². The first-order chi connectivity index (χ1) is 30.6. The summed E-state index contributed by atoms with van der Waals surface area (Å²) in [5.74, 6) is 21.6. The van der Waals surface area contributed by atoms with Crippen molar-refractivity contribution >= 4 is 62.5 Å². The zero-order valence-corrected chi connectivity index (χ0v) is 41.8. The number of fused-ring (bicyclic) bond motifs is 8. The summed E-state index contributed by atoms with van der Waals surface area (Å²) in [5.41, 5.74) is 22.7. The van der Waals surface area contributed by atoms with E-state index in [9.17, 15) is 0 Å². The van der Waals surface area contributed by atoms with E-state index in [1.165, 1.54) is 0 Å². The fraction of sp³-hybridized carbons (Fsp3) is 0.310. The standard InChI is InChI=1S/C58H62N4Si2/c1-39(2)63(40(3)4,41(5)6)37-35-49-55-31-27-51(59-55)47(25-23-45-19-15-13-16-20-45)53-29-33-57(61-53)50(36-38-64(42(7)8,43(9)10)44(11)12)58-34-30-54(62-58)48(52-28-32-56(49)60-52)26-24-46-21-17-14-18-22-46/h13-22,27-34,39-44,59-60H,1-12H3. The molecule has 0 aliphatic carbocycles. The highest BCUT2D eigenvalue weighted by molar-refractivity contribution is 6.91. The molecule has 0 saturated heterocycles. The van der Waals surface area contributed by atoms with Gasteiger partial charge in [-0.1, -0.05) is 155 Å². The van der Waals surface area contributed by atoms with Gasteiger partial charge in [-0.05, 0) is 106 Å². The number of aromatic amines is 2. The van der Waals surface area contributed by atoms with Crippen molar-refractivity contribution in [3.8, 4) is 46.6 Å². The summed E-state index contributed by atoms with van der Waals surface area (Å²) in [5, 5.41) is 0. The minimum absolute atomic E-state index is 0.468. The quantitative estimate of drug-likeness (QED) is 0.129. The molecule has 5 aromatic rings. The lowest BCUT2D eigenvalue weighted by Gasteiger charge is -2.38. The molecule has 0 fully saturated rings. The third-order valence-electron chi connectivity index (χ3n) is 13.5. The Morgan fingerprint density at radius 3 is 0.969 bits per heavy atom. The molecular formula is C58H62N4Si2. The number of aromatic nitrogens is 4. The van der Waals surface area contributed by atoms with E-state index in [2.05, 4.69) is 188 Å². The third kappa shape index (κ3) is 9.06. The van der Waals surface area contributed by atoms with Crippen molar-refractivity contribution in [2.24, 2.45) is 0 Å². The highest BCUT2D eigenvalue weighted by Gasteiger charge is 2.43. The van der Waals surface area contributed by atoms with Crippen LogP contribution in [0.5, 0.6) is 0 Å². The van der Waals surface area contributed by atoms with Gasteiger partial charge in [0.25, 0.3) is 0 Å². The molecule has 2 aliphatic rings. The summed E-state index contributed by atoms with van der Waals surface area (Å²) < 4.78 is 0. The summed E-state index contributed by atoms with van der Waals surface area (Å²) in [6, 6.07) is 28.8.